The van der Waals surface area contributed by atoms with Crippen LogP contribution in [0, 0.1) is 0 Å². The number of anilines is 2. The minimum absolute atomic E-state index is 0.0928. The highest BCUT2D eigenvalue weighted by molar-refractivity contribution is 7.80. The van der Waals surface area contributed by atoms with Crippen molar-refractivity contribution in [2.75, 3.05) is 17.7 Å². The maximum Gasteiger partial charge on any atom is 0.291 e. The second-order valence-corrected chi connectivity index (χ2v) is 8.77. The fourth-order valence-electron chi connectivity index (χ4n) is 3.82. The zero-order valence-corrected chi connectivity index (χ0v) is 21.6. The van der Waals surface area contributed by atoms with Crippen molar-refractivity contribution in [1.29, 1.82) is 0 Å². The van der Waals surface area contributed by atoms with Crippen molar-refractivity contribution >= 4 is 57.6 Å². The van der Waals surface area contributed by atoms with E-state index in [-0.39, 0.29) is 10.9 Å². The van der Waals surface area contributed by atoms with E-state index in [9.17, 15) is 9.59 Å². The fraction of sp³-hybridized carbons (Fsp3) is 0.0333. The summed E-state index contributed by atoms with van der Waals surface area (Å²) in [5.74, 6) is 0.986. The van der Waals surface area contributed by atoms with Gasteiger partial charge in [-0.3, -0.25) is 14.9 Å². The average molecular weight is 538 g/mol. The number of methoxy groups -OCH3 is 1. The molecule has 8 nitrogen and oxygen atoms in total. The molecule has 0 aliphatic heterocycles. The number of fused-ring (bicyclic) bond motifs is 1. The third-order valence-corrected chi connectivity index (χ3v) is 5.88. The molecule has 0 radical (unpaired) electrons. The van der Waals surface area contributed by atoms with Crippen LogP contribution in [0.3, 0.4) is 0 Å². The minimum Gasteiger partial charge on any atom is -0.494 e. The molecule has 0 saturated heterocycles. The van der Waals surface area contributed by atoms with Gasteiger partial charge in [0.25, 0.3) is 5.91 Å². The summed E-state index contributed by atoms with van der Waals surface area (Å²) in [6, 6.07) is 27.4. The molecule has 0 fully saturated rings. The van der Waals surface area contributed by atoms with Gasteiger partial charge in [-0.2, -0.15) is 0 Å². The minimum atomic E-state index is -0.424. The summed E-state index contributed by atoms with van der Waals surface area (Å²) < 4.78 is 16.8. The maximum absolute atomic E-state index is 12.7. The lowest BCUT2D eigenvalue weighted by Gasteiger charge is -2.13. The van der Waals surface area contributed by atoms with Gasteiger partial charge < -0.3 is 24.2 Å². The number of nitrogens with one attached hydrogen (secondary N) is 3. The molecule has 0 saturated carbocycles. The molecule has 2 amide bonds. The molecule has 0 aliphatic rings. The van der Waals surface area contributed by atoms with Crippen LogP contribution in [0.1, 0.15) is 16.3 Å². The van der Waals surface area contributed by atoms with Gasteiger partial charge in [-0.25, -0.2) is 0 Å². The van der Waals surface area contributed by atoms with Gasteiger partial charge >= 0.3 is 0 Å². The van der Waals surface area contributed by atoms with E-state index in [0.717, 1.165) is 10.9 Å². The van der Waals surface area contributed by atoms with Crippen molar-refractivity contribution in [2.45, 2.75) is 0 Å². The number of hydrogen-bond acceptors (Lipinski definition) is 6. The van der Waals surface area contributed by atoms with Gasteiger partial charge in [0.1, 0.15) is 22.9 Å². The molecule has 9 heteroatoms. The summed E-state index contributed by atoms with van der Waals surface area (Å²) in [7, 11) is 1.48. The Hall–Kier alpha value is -5.15. The second-order valence-electron chi connectivity index (χ2n) is 8.36. The Labute approximate surface area is 229 Å². The molecule has 39 heavy (non-hydrogen) atoms. The van der Waals surface area contributed by atoms with E-state index < -0.39 is 11.8 Å². The van der Waals surface area contributed by atoms with E-state index in [1.54, 1.807) is 42.5 Å². The van der Waals surface area contributed by atoms with E-state index in [2.05, 4.69) is 16.0 Å². The quantitative estimate of drug-likeness (QED) is 0.161. The molecule has 0 bridgehead atoms. The third kappa shape index (κ3) is 6.23. The first-order chi connectivity index (χ1) is 19.0. The lowest BCUT2D eigenvalue weighted by atomic mass is 10.2. The second kappa shape index (κ2) is 11.5. The summed E-state index contributed by atoms with van der Waals surface area (Å²) >= 11 is 5.27. The zero-order chi connectivity index (χ0) is 27.2. The van der Waals surface area contributed by atoms with Crippen LogP contribution in [0.15, 0.2) is 106 Å². The molecular weight excluding hydrogens is 514 g/mol. The molecule has 0 unspecified atom stereocenters. The van der Waals surface area contributed by atoms with Gasteiger partial charge in [0.05, 0.1) is 12.8 Å². The largest absolute Gasteiger partial charge is 0.494 e. The van der Waals surface area contributed by atoms with Crippen LogP contribution in [-0.4, -0.2) is 24.0 Å². The molecule has 0 aliphatic carbocycles. The molecule has 2 heterocycles. The summed E-state index contributed by atoms with van der Waals surface area (Å²) in [4.78, 5) is 25.1. The highest BCUT2D eigenvalue weighted by Crippen LogP contribution is 2.29. The monoisotopic (exact) mass is 537 g/mol. The predicted octanol–water partition coefficient (Wildman–Crippen LogP) is 6.48. The lowest BCUT2D eigenvalue weighted by molar-refractivity contribution is -0.115. The van der Waals surface area contributed by atoms with Crippen molar-refractivity contribution in [2.24, 2.45) is 0 Å². The number of benzene rings is 3. The Morgan fingerprint density at radius 2 is 1.67 bits per heavy atom. The molecule has 3 N–H and O–H groups in total. The van der Waals surface area contributed by atoms with Crippen molar-refractivity contribution in [3.8, 4) is 17.1 Å². The van der Waals surface area contributed by atoms with Crippen molar-refractivity contribution < 1.29 is 23.2 Å². The number of rotatable bonds is 7. The number of furan rings is 2. The summed E-state index contributed by atoms with van der Waals surface area (Å²) in [6.45, 7) is 0. The summed E-state index contributed by atoms with van der Waals surface area (Å²) in [6.07, 6.45) is 2.89. The van der Waals surface area contributed by atoms with E-state index in [0.29, 0.717) is 34.2 Å². The van der Waals surface area contributed by atoms with Crippen LogP contribution >= 0.6 is 12.2 Å². The first-order valence-corrected chi connectivity index (χ1v) is 12.3. The smallest absolute Gasteiger partial charge is 0.291 e. The van der Waals surface area contributed by atoms with E-state index in [1.165, 1.54) is 13.2 Å². The van der Waals surface area contributed by atoms with Gasteiger partial charge in [0.15, 0.2) is 10.9 Å². The number of ether oxygens (including phenoxy) is 1. The number of thiocarbonyl (C=S) groups is 1. The fourth-order valence-corrected chi connectivity index (χ4v) is 4.04. The number of amides is 2. The van der Waals surface area contributed by atoms with Crippen LogP contribution in [-0.2, 0) is 4.79 Å². The molecule has 5 aromatic rings. The highest BCUT2D eigenvalue weighted by atomic mass is 32.1. The van der Waals surface area contributed by atoms with Crippen molar-refractivity contribution in [3.63, 3.8) is 0 Å². The standard InChI is InChI=1S/C30H23N3O5S/c1-36-26-18-21(11-14-23(26)32-29(35)27-17-20-9-5-6-10-24(20)38-27)31-30(39)33-28(34)16-13-22-12-15-25(37-22)19-7-3-2-4-8-19/h2-18H,1H3,(H,32,35)(H2,31,33,34,39)/b16-13+. The Balaban J connectivity index is 1.17. The Morgan fingerprint density at radius 3 is 2.46 bits per heavy atom. The molecule has 0 spiro atoms. The third-order valence-electron chi connectivity index (χ3n) is 5.68. The van der Waals surface area contributed by atoms with Crippen LogP contribution in [0.25, 0.3) is 28.4 Å². The molecule has 0 atom stereocenters. The Morgan fingerprint density at radius 1 is 0.872 bits per heavy atom. The van der Waals surface area contributed by atoms with E-state index in [4.69, 9.17) is 25.8 Å². The Bertz CT molecular complexity index is 1650. The Kier molecular flexibility index (Phi) is 7.51. The summed E-state index contributed by atoms with van der Waals surface area (Å²) in [5, 5.41) is 9.23. The highest BCUT2D eigenvalue weighted by Gasteiger charge is 2.15. The van der Waals surface area contributed by atoms with Crippen molar-refractivity contribution in [3.05, 3.63) is 109 Å². The first kappa shape index (κ1) is 25.5. The number of carbonyl (C=O) groups is 2. The SMILES string of the molecule is COc1cc(NC(=S)NC(=O)/C=C/c2ccc(-c3ccccc3)o2)ccc1NC(=O)c1cc2ccccc2o1. The number of carbonyl (C=O) groups excluding carboxylic acids is 2. The van der Waals surface area contributed by atoms with E-state index >= 15 is 0 Å². The van der Waals surface area contributed by atoms with Gasteiger partial charge in [0, 0.05) is 28.8 Å². The number of hydrogen-bond donors (Lipinski definition) is 3. The normalized spacial score (nSPS) is 10.9. The lowest BCUT2D eigenvalue weighted by Crippen LogP contribution is -2.32. The zero-order valence-electron chi connectivity index (χ0n) is 20.8. The topological polar surface area (TPSA) is 106 Å². The van der Waals surface area contributed by atoms with Crippen molar-refractivity contribution in [1.82, 2.24) is 5.32 Å². The van der Waals surface area contributed by atoms with Gasteiger partial charge in [-0.15, -0.1) is 0 Å². The van der Waals surface area contributed by atoms with Gasteiger partial charge in [-0.05, 0) is 54.7 Å². The maximum atomic E-state index is 12.7. The molecule has 2 aromatic heterocycles. The van der Waals surface area contributed by atoms with Crippen LogP contribution in [0.2, 0.25) is 0 Å². The molecule has 194 valence electrons. The predicted molar refractivity (Wildman–Crippen MR) is 155 cm³/mol. The summed E-state index contributed by atoms with van der Waals surface area (Å²) in [5.41, 5.74) is 2.57. The van der Waals surface area contributed by atoms with Gasteiger partial charge in [0.2, 0.25) is 5.91 Å². The molecular formula is C30H23N3O5S. The average Bonchev–Trinajstić information content (AvgIpc) is 3.61. The van der Waals surface area contributed by atoms with Crippen LogP contribution in [0.5, 0.6) is 5.75 Å². The van der Waals surface area contributed by atoms with Crippen LogP contribution in [0.4, 0.5) is 11.4 Å². The first-order valence-electron chi connectivity index (χ1n) is 11.9. The molecule has 5 rings (SSSR count). The van der Waals surface area contributed by atoms with E-state index in [1.807, 2.05) is 54.6 Å². The van der Waals surface area contributed by atoms with Gasteiger partial charge in [-0.1, -0.05) is 48.5 Å². The number of para-hydroxylation sites is 1. The van der Waals surface area contributed by atoms with Crippen LogP contribution < -0.4 is 20.7 Å². The molecule has 3 aromatic carbocycles.